The van der Waals surface area contributed by atoms with E-state index < -0.39 is 12.1 Å². The highest BCUT2D eigenvalue weighted by Crippen LogP contribution is 2.18. The second-order valence-corrected chi connectivity index (χ2v) is 3.99. The molecular formula is C13H19NO4. The first kappa shape index (κ1) is 14.5. The van der Waals surface area contributed by atoms with Crippen molar-refractivity contribution in [1.82, 2.24) is 5.32 Å². The number of methoxy groups -OCH3 is 2. The summed E-state index contributed by atoms with van der Waals surface area (Å²) in [5.41, 5.74) is 0.767. The normalized spacial score (nSPS) is 13.8. The Kier molecular flexibility index (Phi) is 5.61. The second kappa shape index (κ2) is 6.98. The lowest BCUT2D eigenvalue weighted by atomic mass is 10.1. The van der Waals surface area contributed by atoms with E-state index in [4.69, 9.17) is 9.47 Å². The number of carbonyl (C=O) groups excluding carboxylic acids is 1. The summed E-state index contributed by atoms with van der Waals surface area (Å²) in [4.78, 5) is 11.7. The number of aliphatic hydroxyl groups is 1. The number of hydrogen-bond acceptors (Lipinski definition) is 5. The minimum Gasteiger partial charge on any atom is -0.497 e. The maximum absolute atomic E-state index is 11.7. The Morgan fingerprint density at radius 1 is 1.33 bits per heavy atom. The average Bonchev–Trinajstić information content (AvgIpc) is 2.39. The summed E-state index contributed by atoms with van der Waals surface area (Å²) in [6, 6.07) is 6.53. The van der Waals surface area contributed by atoms with Crippen molar-refractivity contribution in [2.24, 2.45) is 0 Å². The van der Waals surface area contributed by atoms with Gasteiger partial charge in [0.2, 0.25) is 0 Å². The Balaban J connectivity index is 2.83. The predicted molar refractivity (Wildman–Crippen MR) is 67.4 cm³/mol. The van der Waals surface area contributed by atoms with Gasteiger partial charge in [0.1, 0.15) is 11.8 Å². The second-order valence-electron chi connectivity index (χ2n) is 3.99. The van der Waals surface area contributed by atoms with E-state index in [9.17, 15) is 9.90 Å². The summed E-state index contributed by atoms with van der Waals surface area (Å²) in [5.74, 6) is 0.332. The number of nitrogens with one attached hydrogen (secondary N) is 1. The van der Waals surface area contributed by atoms with Crippen molar-refractivity contribution in [1.29, 1.82) is 0 Å². The molecule has 18 heavy (non-hydrogen) atoms. The number of benzene rings is 1. The summed E-state index contributed by atoms with van der Waals surface area (Å²) in [6.07, 6.45) is -0.532. The van der Waals surface area contributed by atoms with Crippen LogP contribution in [-0.4, -0.2) is 37.9 Å². The van der Waals surface area contributed by atoms with Crippen LogP contribution in [-0.2, 0) is 9.53 Å². The quantitative estimate of drug-likeness (QED) is 0.737. The standard InChI is InChI=1S/C13H19NO4/c1-9(15)8-14-12(13(16)18-3)10-4-6-11(17-2)7-5-10/h4-7,9,12,14-15H,8H2,1-3H3. The highest BCUT2D eigenvalue weighted by molar-refractivity contribution is 5.77. The Hall–Kier alpha value is -1.59. The molecule has 5 nitrogen and oxygen atoms in total. The van der Waals surface area contributed by atoms with Crippen LogP contribution in [0.3, 0.4) is 0 Å². The third kappa shape index (κ3) is 4.01. The molecule has 1 aromatic rings. The molecule has 0 heterocycles. The smallest absolute Gasteiger partial charge is 0.327 e. The van der Waals surface area contributed by atoms with Gasteiger partial charge in [0.15, 0.2) is 0 Å². The van der Waals surface area contributed by atoms with Crippen molar-refractivity contribution in [2.75, 3.05) is 20.8 Å². The van der Waals surface area contributed by atoms with Crippen LogP contribution in [0.2, 0.25) is 0 Å². The maximum atomic E-state index is 11.7. The molecule has 2 N–H and O–H groups in total. The molecule has 0 aliphatic heterocycles. The van der Waals surface area contributed by atoms with Gasteiger partial charge in [-0.15, -0.1) is 0 Å². The molecule has 0 radical (unpaired) electrons. The fraction of sp³-hybridized carbons (Fsp3) is 0.462. The van der Waals surface area contributed by atoms with E-state index in [2.05, 4.69) is 5.32 Å². The molecule has 0 saturated heterocycles. The van der Waals surface area contributed by atoms with Crippen molar-refractivity contribution in [3.8, 4) is 5.75 Å². The molecule has 0 aromatic heterocycles. The molecule has 0 aliphatic rings. The number of rotatable bonds is 6. The van der Waals surface area contributed by atoms with Crippen molar-refractivity contribution in [2.45, 2.75) is 19.1 Å². The van der Waals surface area contributed by atoms with E-state index in [1.165, 1.54) is 7.11 Å². The number of hydrogen-bond donors (Lipinski definition) is 2. The topological polar surface area (TPSA) is 67.8 Å². The summed E-state index contributed by atoms with van der Waals surface area (Å²) >= 11 is 0. The van der Waals surface area contributed by atoms with Gasteiger partial charge < -0.3 is 14.6 Å². The molecule has 1 aromatic carbocycles. The van der Waals surface area contributed by atoms with Crippen LogP contribution in [0.5, 0.6) is 5.75 Å². The lowest BCUT2D eigenvalue weighted by Crippen LogP contribution is -2.34. The van der Waals surface area contributed by atoms with E-state index in [1.807, 2.05) is 0 Å². The zero-order valence-corrected chi connectivity index (χ0v) is 10.8. The molecule has 100 valence electrons. The van der Waals surface area contributed by atoms with Crippen molar-refractivity contribution in [3.63, 3.8) is 0 Å². The van der Waals surface area contributed by atoms with Crippen molar-refractivity contribution in [3.05, 3.63) is 29.8 Å². The van der Waals surface area contributed by atoms with Gasteiger partial charge in [0.05, 0.1) is 20.3 Å². The van der Waals surface area contributed by atoms with Gasteiger partial charge in [-0.3, -0.25) is 5.32 Å². The van der Waals surface area contributed by atoms with Gasteiger partial charge in [0.25, 0.3) is 0 Å². The van der Waals surface area contributed by atoms with Crippen LogP contribution < -0.4 is 10.1 Å². The predicted octanol–water partition coefficient (Wildman–Crippen LogP) is 0.880. The summed E-state index contributed by atoms with van der Waals surface area (Å²) in [7, 11) is 2.92. The summed E-state index contributed by atoms with van der Waals surface area (Å²) < 4.78 is 9.80. The van der Waals surface area contributed by atoms with E-state index in [0.717, 1.165) is 11.3 Å². The number of aliphatic hydroxyl groups excluding tert-OH is 1. The highest BCUT2D eigenvalue weighted by atomic mass is 16.5. The Bertz CT molecular complexity index is 375. The Morgan fingerprint density at radius 3 is 2.39 bits per heavy atom. The summed E-state index contributed by atoms with van der Waals surface area (Å²) in [6.45, 7) is 1.96. The molecule has 1 rings (SSSR count). The van der Waals surface area contributed by atoms with E-state index >= 15 is 0 Å². The average molecular weight is 253 g/mol. The lowest BCUT2D eigenvalue weighted by molar-refractivity contribution is -0.143. The van der Waals surface area contributed by atoms with Gasteiger partial charge >= 0.3 is 5.97 Å². The molecule has 0 aliphatic carbocycles. The van der Waals surface area contributed by atoms with Crippen LogP contribution in [0.25, 0.3) is 0 Å². The molecule has 2 atom stereocenters. The third-order valence-electron chi connectivity index (χ3n) is 2.50. The molecule has 0 fully saturated rings. The fourth-order valence-corrected chi connectivity index (χ4v) is 1.54. The van der Waals surface area contributed by atoms with Gasteiger partial charge in [-0.25, -0.2) is 4.79 Å². The Morgan fingerprint density at radius 2 is 1.94 bits per heavy atom. The molecule has 0 bridgehead atoms. The molecule has 2 unspecified atom stereocenters. The van der Waals surface area contributed by atoms with E-state index in [0.29, 0.717) is 6.54 Å². The minimum absolute atomic E-state index is 0.311. The van der Waals surface area contributed by atoms with Crippen molar-refractivity contribution >= 4 is 5.97 Å². The van der Waals surface area contributed by atoms with Crippen LogP contribution in [0.4, 0.5) is 0 Å². The zero-order valence-electron chi connectivity index (χ0n) is 10.8. The lowest BCUT2D eigenvalue weighted by Gasteiger charge is -2.18. The molecule has 0 saturated carbocycles. The van der Waals surface area contributed by atoms with Gasteiger partial charge in [0, 0.05) is 6.54 Å². The molecule has 5 heteroatoms. The Labute approximate surface area is 107 Å². The SMILES string of the molecule is COC(=O)C(NCC(C)O)c1ccc(OC)cc1. The van der Waals surface area contributed by atoms with Gasteiger partial charge in [-0.05, 0) is 24.6 Å². The molecule has 0 spiro atoms. The first-order valence-electron chi connectivity index (χ1n) is 5.71. The van der Waals surface area contributed by atoms with E-state index in [1.54, 1.807) is 38.3 Å². The monoisotopic (exact) mass is 253 g/mol. The van der Waals surface area contributed by atoms with E-state index in [-0.39, 0.29) is 5.97 Å². The van der Waals surface area contributed by atoms with Gasteiger partial charge in [-0.2, -0.15) is 0 Å². The maximum Gasteiger partial charge on any atom is 0.327 e. The van der Waals surface area contributed by atoms with Crippen LogP contribution >= 0.6 is 0 Å². The minimum atomic E-state index is -0.587. The molecular weight excluding hydrogens is 234 g/mol. The fourth-order valence-electron chi connectivity index (χ4n) is 1.54. The third-order valence-corrected chi connectivity index (χ3v) is 2.50. The molecule has 0 amide bonds. The number of carbonyl (C=O) groups is 1. The number of esters is 1. The first-order chi connectivity index (χ1) is 8.58. The van der Waals surface area contributed by atoms with Crippen molar-refractivity contribution < 1.29 is 19.4 Å². The van der Waals surface area contributed by atoms with Crippen LogP contribution in [0, 0.1) is 0 Å². The largest absolute Gasteiger partial charge is 0.497 e. The summed E-state index contributed by atoms with van der Waals surface area (Å²) in [5, 5.41) is 12.2. The zero-order chi connectivity index (χ0) is 13.5. The van der Waals surface area contributed by atoms with Crippen LogP contribution in [0.1, 0.15) is 18.5 Å². The van der Waals surface area contributed by atoms with Crippen LogP contribution in [0.15, 0.2) is 24.3 Å². The van der Waals surface area contributed by atoms with Gasteiger partial charge in [-0.1, -0.05) is 12.1 Å². The highest BCUT2D eigenvalue weighted by Gasteiger charge is 2.21. The number of ether oxygens (including phenoxy) is 2. The first-order valence-corrected chi connectivity index (χ1v) is 5.71.